The molecular formula is C55H25F6N7. The summed E-state index contributed by atoms with van der Waals surface area (Å²) >= 11 is 0. The summed E-state index contributed by atoms with van der Waals surface area (Å²) in [5.74, 6) is 0. The maximum atomic E-state index is 15.6. The third kappa shape index (κ3) is 6.73. The quantitative estimate of drug-likeness (QED) is 0.159. The van der Waals surface area contributed by atoms with Crippen LogP contribution in [0.1, 0.15) is 38.9 Å². The number of rotatable bonds is 5. The van der Waals surface area contributed by atoms with E-state index in [-0.39, 0.29) is 39.2 Å². The first-order valence-electron chi connectivity index (χ1n) is 20.6. The van der Waals surface area contributed by atoms with Crippen LogP contribution in [0.3, 0.4) is 0 Å². The summed E-state index contributed by atoms with van der Waals surface area (Å²) in [7, 11) is 0. The maximum absolute atomic E-state index is 15.6. The Balaban J connectivity index is 1.42. The lowest BCUT2D eigenvalue weighted by atomic mass is 9.89. The van der Waals surface area contributed by atoms with Crippen LogP contribution < -0.4 is 0 Å². The van der Waals surface area contributed by atoms with Crippen molar-refractivity contribution in [2.24, 2.45) is 0 Å². The summed E-state index contributed by atoms with van der Waals surface area (Å²) in [6.45, 7) is 0. The van der Waals surface area contributed by atoms with Crippen LogP contribution in [0.5, 0.6) is 0 Å². The summed E-state index contributed by atoms with van der Waals surface area (Å²) in [4.78, 5) is 0. The van der Waals surface area contributed by atoms with Crippen LogP contribution >= 0.6 is 0 Å². The smallest absolute Gasteiger partial charge is 0.308 e. The SMILES string of the molecule is N#Cc1ccc(-c2ccc3c4ccccc4n(-c4cc(C#N)cc(-n5c6ccccc6c6ccc(-c7ccc(C#N)cc7C#N)cc65)c4-c4c(C(F)(F)F)cccc4C(F)(F)F)c3c2)c(C#N)c1. The molecule has 2 aromatic heterocycles. The molecule has 0 aliphatic carbocycles. The minimum Gasteiger partial charge on any atom is -0.308 e. The Labute approximate surface area is 382 Å². The van der Waals surface area contributed by atoms with Gasteiger partial charge in [0.25, 0.3) is 0 Å². The van der Waals surface area contributed by atoms with Gasteiger partial charge in [-0.2, -0.15) is 52.7 Å². The molecule has 68 heavy (non-hydrogen) atoms. The topological polar surface area (TPSA) is 129 Å². The van der Waals surface area contributed by atoms with Crippen molar-refractivity contribution in [3.8, 4) is 75.1 Å². The lowest BCUT2D eigenvalue weighted by molar-refractivity contribution is -0.142. The highest BCUT2D eigenvalue weighted by atomic mass is 19.4. The Morgan fingerprint density at radius 1 is 0.353 bits per heavy atom. The molecule has 0 saturated heterocycles. The molecule has 0 aliphatic rings. The van der Waals surface area contributed by atoms with Crippen molar-refractivity contribution in [2.45, 2.75) is 12.4 Å². The molecule has 0 radical (unpaired) electrons. The number of para-hydroxylation sites is 2. The predicted octanol–water partition coefficient (Wildman–Crippen LogP) is 14.3. The van der Waals surface area contributed by atoms with Crippen molar-refractivity contribution in [1.29, 1.82) is 26.3 Å². The first-order valence-corrected chi connectivity index (χ1v) is 20.6. The van der Waals surface area contributed by atoms with Gasteiger partial charge in [0.2, 0.25) is 0 Å². The average molecular weight is 898 g/mol. The first-order chi connectivity index (χ1) is 32.8. The second-order valence-electron chi connectivity index (χ2n) is 15.9. The maximum Gasteiger partial charge on any atom is 0.417 e. The molecule has 13 heteroatoms. The lowest BCUT2D eigenvalue weighted by Gasteiger charge is -2.25. The molecule has 0 atom stereocenters. The van der Waals surface area contributed by atoms with Gasteiger partial charge in [0.1, 0.15) is 0 Å². The van der Waals surface area contributed by atoms with Crippen LogP contribution in [-0.2, 0) is 12.4 Å². The van der Waals surface area contributed by atoms with E-state index >= 15 is 26.3 Å². The van der Waals surface area contributed by atoms with Gasteiger partial charge in [0, 0.05) is 32.7 Å². The molecule has 0 fully saturated rings. The molecule has 7 nitrogen and oxygen atoms in total. The van der Waals surface area contributed by atoms with Crippen LogP contribution in [-0.4, -0.2) is 9.13 Å². The number of hydrogen-bond donors (Lipinski definition) is 0. The van der Waals surface area contributed by atoms with Gasteiger partial charge >= 0.3 is 12.4 Å². The summed E-state index contributed by atoms with van der Waals surface area (Å²) < 4.78 is 96.8. The summed E-state index contributed by atoms with van der Waals surface area (Å²) in [6.07, 6.45) is -10.7. The van der Waals surface area contributed by atoms with Crippen molar-refractivity contribution in [1.82, 2.24) is 9.13 Å². The monoisotopic (exact) mass is 897 g/mol. The Morgan fingerprint density at radius 2 is 0.765 bits per heavy atom. The zero-order valence-corrected chi connectivity index (χ0v) is 34.8. The van der Waals surface area contributed by atoms with Gasteiger partial charge in [0.15, 0.2) is 0 Å². The van der Waals surface area contributed by atoms with Crippen molar-refractivity contribution in [3.63, 3.8) is 0 Å². The molecule has 0 bridgehead atoms. The van der Waals surface area contributed by atoms with E-state index in [1.54, 1.807) is 106 Å². The highest BCUT2D eigenvalue weighted by molar-refractivity contribution is 6.13. The van der Waals surface area contributed by atoms with E-state index in [9.17, 15) is 26.3 Å². The summed E-state index contributed by atoms with van der Waals surface area (Å²) in [5, 5.41) is 52.6. The van der Waals surface area contributed by atoms with Crippen LogP contribution in [0, 0.1) is 56.7 Å². The fourth-order valence-electron chi connectivity index (χ4n) is 9.29. The number of benzene rings is 8. The molecular weight excluding hydrogens is 873 g/mol. The van der Waals surface area contributed by atoms with Crippen molar-refractivity contribution >= 4 is 43.6 Å². The number of halogens is 6. The third-order valence-corrected chi connectivity index (χ3v) is 12.1. The molecule has 322 valence electrons. The van der Waals surface area contributed by atoms with Crippen LogP contribution in [0.2, 0.25) is 0 Å². The van der Waals surface area contributed by atoms with Gasteiger partial charge in [-0.25, -0.2) is 0 Å². The van der Waals surface area contributed by atoms with Gasteiger partial charge in [0.05, 0.1) is 103 Å². The number of hydrogen-bond acceptors (Lipinski definition) is 5. The van der Waals surface area contributed by atoms with E-state index in [1.807, 2.05) is 12.1 Å². The third-order valence-electron chi connectivity index (χ3n) is 12.1. The van der Waals surface area contributed by atoms with E-state index in [0.717, 1.165) is 0 Å². The number of nitrogens with zero attached hydrogens (tertiary/aromatic N) is 7. The van der Waals surface area contributed by atoms with Crippen LogP contribution in [0.15, 0.2) is 152 Å². The Morgan fingerprint density at radius 3 is 1.16 bits per heavy atom. The van der Waals surface area contributed by atoms with Gasteiger partial charge < -0.3 is 9.13 Å². The van der Waals surface area contributed by atoms with Gasteiger partial charge in [-0.15, -0.1) is 0 Å². The second-order valence-corrected chi connectivity index (χ2v) is 15.9. The highest BCUT2D eigenvalue weighted by Crippen LogP contribution is 2.51. The molecule has 10 rings (SSSR count). The van der Waals surface area contributed by atoms with E-state index in [2.05, 4.69) is 18.2 Å². The fraction of sp³-hybridized carbons (Fsp3) is 0.0364. The van der Waals surface area contributed by atoms with Crippen molar-refractivity contribution < 1.29 is 26.3 Å². The molecule has 0 unspecified atom stereocenters. The van der Waals surface area contributed by atoms with E-state index < -0.39 is 34.6 Å². The van der Waals surface area contributed by atoms with Gasteiger partial charge in [-0.3, -0.25) is 0 Å². The van der Waals surface area contributed by atoms with E-state index in [4.69, 9.17) is 0 Å². The minimum atomic E-state index is -5.33. The van der Waals surface area contributed by atoms with Gasteiger partial charge in [-0.05, 0) is 95.1 Å². The Kier molecular flexibility index (Phi) is 9.85. The molecule has 0 amide bonds. The molecule has 2 heterocycles. The lowest BCUT2D eigenvalue weighted by Crippen LogP contribution is -2.16. The van der Waals surface area contributed by atoms with Crippen LogP contribution in [0.25, 0.3) is 88.4 Å². The normalized spacial score (nSPS) is 11.6. The zero-order chi connectivity index (χ0) is 47.6. The summed E-state index contributed by atoms with van der Waals surface area (Å²) in [6, 6.07) is 48.0. The molecule has 0 spiro atoms. The standard InChI is InChI=1S/C55H25F6N7/c56-54(57,58)44-8-5-9-45(55(59,60)61)52(44)53-50(67-46-10-3-1-6-40(46)42-18-14-34(24-48(42)67)38-16-12-31(26-62)20-36(38)29-65)22-33(28-64)23-51(53)68-47-11-4-2-7-41(47)43-19-15-35(25-49(43)68)39-17-13-32(27-63)21-37(39)30-66/h1-25H. The summed E-state index contributed by atoms with van der Waals surface area (Å²) in [5.41, 5.74) is -1.36. The van der Waals surface area contributed by atoms with Crippen molar-refractivity contribution in [3.05, 3.63) is 191 Å². The fourth-order valence-corrected chi connectivity index (χ4v) is 9.29. The van der Waals surface area contributed by atoms with Gasteiger partial charge in [-0.1, -0.05) is 78.9 Å². The molecule has 0 N–H and O–H groups in total. The predicted molar refractivity (Wildman–Crippen MR) is 245 cm³/mol. The highest BCUT2D eigenvalue weighted by Gasteiger charge is 2.43. The minimum absolute atomic E-state index is 0.0984. The second kappa shape index (κ2) is 15.8. The molecule has 0 saturated carbocycles. The first kappa shape index (κ1) is 42.3. The van der Waals surface area contributed by atoms with E-state index in [0.29, 0.717) is 84.1 Å². The Bertz CT molecular complexity index is 3780. The number of fused-ring (bicyclic) bond motifs is 6. The molecule has 10 aromatic rings. The number of nitriles is 5. The Hall–Kier alpha value is -9.61. The molecule has 0 aliphatic heterocycles. The van der Waals surface area contributed by atoms with Crippen LogP contribution in [0.4, 0.5) is 26.3 Å². The molecule has 8 aromatic carbocycles. The number of alkyl halides is 6. The van der Waals surface area contributed by atoms with E-state index in [1.165, 1.54) is 36.4 Å². The van der Waals surface area contributed by atoms with Crippen molar-refractivity contribution in [2.75, 3.05) is 0 Å². The number of aromatic nitrogens is 2. The average Bonchev–Trinajstić information content (AvgIpc) is 3.86. The zero-order valence-electron chi connectivity index (χ0n) is 34.8. The largest absolute Gasteiger partial charge is 0.417 e.